The molecule has 1 aromatic heterocycles. The number of nitrogen functional groups attached to an aromatic ring is 1. The Balaban J connectivity index is 1.46. The Morgan fingerprint density at radius 2 is 1.77 bits per heavy atom. The van der Waals surface area contributed by atoms with Crippen LogP contribution in [0.15, 0.2) is 54.7 Å². The fourth-order valence-electron chi connectivity index (χ4n) is 4.41. The molecule has 2 amide bonds. The summed E-state index contributed by atoms with van der Waals surface area (Å²) >= 11 is 0. The highest BCUT2D eigenvalue weighted by Gasteiger charge is 2.32. The van der Waals surface area contributed by atoms with E-state index in [1.165, 1.54) is 12.3 Å². The summed E-state index contributed by atoms with van der Waals surface area (Å²) in [6.07, 6.45) is -2.26. The van der Waals surface area contributed by atoms with Crippen molar-refractivity contribution >= 4 is 23.5 Å². The molecule has 8 nitrogen and oxygen atoms in total. The van der Waals surface area contributed by atoms with Crippen molar-refractivity contribution in [3.8, 4) is 11.5 Å². The highest BCUT2D eigenvalue weighted by atomic mass is 19.4. The van der Waals surface area contributed by atoms with E-state index >= 15 is 0 Å². The van der Waals surface area contributed by atoms with E-state index in [0.29, 0.717) is 36.6 Å². The van der Waals surface area contributed by atoms with Crippen molar-refractivity contribution in [2.24, 2.45) is 5.92 Å². The SMILES string of the molecule is CC(C)(C)OC(=O)NCc1cc(NC(=O)C2CCc3ccc(Oc4ccnc(N)c4)cc3C2)cc(C(F)(F)F)c1. The number of anilines is 2. The van der Waals surface area contributed by atoms with Gasteiger partial charge in [-0.3, -0.25) is 4.79 Å². The van der Waals surface area contributed by atoms with Crippen molar-refractivity contribution in [2.45, 2.75) is 58.4 Å². The number of pyridine rings is 1. The summed E-state index contributed by atoms with van der Waals surface area (Å²) in [5.74, 6) is 0.594. The van der Waals surface area contributed by atoms with Gasteiger partial charge in [0.05, 0.1) is 5.56 Å². The van der Waals surface area contributed by atoms with Gasteiger partial charge in [-0.1, -0.05) is 6.07 Å². The van der Waals surface area contributed by atoms with Crippen molar-refractivity contribution in [1.82, 2.24) is 10.3 Å². The van der Waals surface area contributed by atoms with Gasteiger partial charge in [0, 0.05) is 30.4 Å². The number of aryl methyl sites for hydroxylation is 1. The molecular weight excluding hydrogens is 525 g/mol. The van der Waals surface area contributed by atoms with Crippen LogP contribution in [0.5, 0.6) is 11.5 Å². The van der Waals surface area contributed by atoms with E-state index in [-0.39, 0.29) is 23.7 Å². The molecule has 4 N–H and O–H groups in total. The monoisotopic (exact) mass is 556 g/mol. The Hall–Kier alpha value is -4.28. The number of hydrogen-bond donors (Lipinski definition) is 3. The molecule has 0 spiro atoms. The third kappa shape index (κ3) is 7.87. The lowest BCUT2D eigenvalue weighted by Gasteiger charge is -2.25. The zero-order chi connectivity index (χ0) is 29.1. The van der Waals surface area contributed by atoms with Crippen LogP contribution in [0.2, 0.25) is 0 Å². The van der Waals surface area contributed by atoms with Crippen LogP contribution in [0.25, 0.3) is 0 Å². The summed E-state index contributed by atoms with van der Waals surface area (Å²) in [7, 11) is 0. The first-order valence-electron chi connectivity index (χ1n) is 12.8. The standard InChI is InChI=1S/C29H31F3N4O4/c1-28(2,3)40-27(38)35-16-17-10-21(29(30,31)32)14-22(11-17)36-26(37)19-5-4-18-6-7-23(13-20(18)12-19)39-24-8-9-34-25(33)15-24/h6-11,13-15,19H,4-5,12,16H2,1-3H3,(H2,33,34)(H,35,38)(H,36,37). The molecule has 0 bridgehead atoms. The second-order valence-electron chi connectivity index (χ2n) is 10.6. The minimum atomic E-state index is -4.64. The largest absolute Gasteiger partial charge is 0.457 e. The van der Waals surface area contributed by atoms with Gasteiger partial charge >= 0.3 is 12.3 Å². The Labute approximate surface area is 230 Å². The van der Waals surface area contributed by atoms with E-state index in [4.69, 9.17) is 15.2 Å². The molecule has 4 rings (SSSR count). The summed E-state index contributed by atoms with van der Waals surface area (Å²) < 4.78 is 51.8. The van der Waals surface area contributed by atoms with Crippen molar-refractivity contribution < 1.29 is 32.2 Å². The van der Waals surface area contributed by atoms with Gasteiger partial charge in [0.15, 0.2) is 0 Å². The van der Waals surface area contributed by atoms with Crippen molar-refractivity contribution in [1.29, 1.82) is 0 Å². The van der Waals surface area contributed by atoms with Gasteiger partial charge in [0.25, 0.3) is 0 Å². The first kappa shape index (κ1) is 28.7. The number of nitrogens with one attached hydrogen (secondary N) is 2. The lowest BCUT2D eigenvalue weighted by Crippen LogP contribution is -2.32. The molecule has 0 saturated heterocycles. The van der Waals surface area contributed by atoms with E-state index in [2.05, 4.69) is 15.6 Å². The summed E-state index contributed by atoms with van der Waals surface area (Å²) in [5, 5.41) is 5.10. The molecule has 1 unspecified atom stereocenters. The number of hydrogen-bond acceptors (Lipinski definition) is 6. The van der Waals surface area contributed by atoms with Gasteiger partial charge in [0.2, 0.25) is 5.91 Å². The molecule has 212 valence electrons. The topological polar surface area (TPSA) is 116 Å². The normalized spacial score (nSPS) is 15.1. The number of nitrogens with two attached hydrogens (primary N) is 1. The predicted molar refractivity (Wildman–Crippen MR) is 144 cm³/mol. The molecule has 11 heteroatoms. The number of ether oxygens (including phenoxy) is 2. The van der Waals surface area contributed by atoms with E-state index in [1.807, 2.05) is 18.2 Å². The van der Waals surface area contributed by atoms with Gasteiger partial charge in [-0.15, -0.1) is 0 Å². The molecular formula is C29H31F3N4O4. The maximum absolute atomic E-state index is 13.6. The molecule has 1 aliphatic rings. The Bertz CT molecular complexity index is 1400. The van der Waals surface area contributed by atoms with Crippen LogP contribution < -0.4 is 21.1 Å². The van der Waals surface area contributed by atoms with Crippen LogP contribution >= 0.6 is 0 Å². The van der Waals surface area contributed by atoms with Crippen molar-refractivity contribution in [3.63, 3.8) is 0 Å². The van der Waals surface area contributed by atoms with Gasteiger partial charge in [-0.25, -0.2) is 9.78 Å². The zero-order valence-electron chi connectivity index (χ0n) is 22.4. The molecule has 0 aliphatic heterocycles. The number of carbonyl (C=O) groups excluding carboxylic acids is 2. The average molecular weight is 557 g/mol. The Kier molecular flexibility index (Phi) is 8.22. The van der Waals surface area contributed by atoms with E-state index in [1.54, 1.807) is 32.9 Å². The molecule has 0 radical (unpaired) electrons. The molecule has 3 aromatic rings. The van der Waals surface area contributed by atoms with Crippen LogP contribution in [0, 0.1) is 5.92 Å². The second kappa shape index (κ2) is 11.4. The predicted octanol–water partition coefficient (Wildman–Crippen LogP) is 6.24. The van der Waals surface area contributed by atoms with Crippen LogP contribution in [0.3, 0.4) is 0 Å². The van der Waals surface area contributed by atoms with Crippen LogP contribution in [0.4, 0.5) is 29.5 Å². The fourth-order valence-corrected chi connectivity index (χ4v) is 4.41. The molecule has 0 saturated carbocycles. The summed E-state index contributed by atoms with van der Waals surface area (Å²) in [6.45, 7) is 4.84. The quantitative estimate of drug-likeness (QED) is 0.331. The van der Waals surface area contributed by atoms with Gasteiger partial charge in [0.1, 0.15) is 22.9 Å². The third-order valence-corrected chi connectivity index (χ3v) is 6.19. The van der Waals surface area contributed by atoms with E-state index in [0.717, 1.165) is 23.3 Å². The molecule has 0 fully saturated rings. The van der Waals surface area contributed by atoms with E-state index < -0.39 is 29.4 Å². The molecule has 1 atom stereocenters. The van der Waals surface area contributed by atoms with Crippen molar-refractivity contribution in [3.05, 3.63) is 77.0 Å². The summed E-state index contributed by atoms with van der Waals surface area (Å²) in [5.41, 5.74) is 6.20. The first-order valence-corrected chi connectivity index (χ1v) is 12.8. The molecule has 1 aliphatic carbocycles. The number of benzene rings is 2. The van der Waals surface area contributed by atoms with Crippen LogP contribution in [-0.4, -0.2) is 22.6 Å². The summed E-state index contributed by atoms with van der Waals surface area (Å²) in [4.78, 5) is 29.1. The molecule has 2 aromatic carbocycles. The number of fused-ring (bicyclic) bond motifs is 1. The fraction of sp³-hybridized carbons (Fsp3) is 0.345. The number of halogens is 3. The van der Waals surface area contributed by atoms with Crippen molar-refractivity contribution in [2.75, 3.05) is 11.1 Å². The lowest BCUT2D eigenvalue weighted by atomic mass is 9.83. The molecule has 1 heterocycles. The van der Waals surface area contributed by atoms with Crippen LogP contribution in [-0.2, 0) is 35.1 Å². The van der Waals surface area contributed by atoms with Gasteiger partial charge < -0.3 is 25.8 Å². The summed E-state index contributed by atoms with van der Waals surface area (Å²) in [6, 6.07) is 12.1. The Morgan fingerprint density at radius 1 is 1.02 bits per heavy atom. The maximum Gasteiger partial charge on any atom is 0.416 e. The number of nitrogens with zero attached hydrogens (tertiary/aromatic N) is 1. The second-order valence-corrected chi connectivity index (χ2v) is 10.6. The highest BCUT2D eigenvalue weighted by molar-refractivity contribution is 5.93. The number of carbonyl (C=O) groups is 2. The number of alkyl halides is 3. The number of rotatable bonds is 6. The first-order chi connectivity index (χ1) is 18.7. The average Bonchev–Trinajstić information content (AvgIpc) is 2.85. The third-order valence-electron chi connectivity index (χ3n) is 6.19. The highest BCUT2D eigenvalue weighted by Crippen LogP contribution is 2.34. The van der Waals surface area contributed by atoms with Gasteiger partial charge in [-0.05, 0) is 93.1 Å². The minimum absolute atomic E-state index is 0.000953. The van der Waals surface area contributed by atoms with Crippen LogP contribution in [0.1, 0.15) is 49.4 Å². The van der Waals surface area contributed by atoms with Gasteiger partial charge in [-0.2, -0.15) is 13.2 Å². The smallest absolute Gasteiger partial charge is 0.416 e. The zero-order valence-corrected chi connectivity index (χ0v) is 22.4. The number of alkyl carbamates (subject to hydrolysis) is 1. The Morgan fingerprint density at radius 3 is 2.48 bits per heavy atom. The number of amides is 2. The lowest BCUT2D eigenvalue weighted by molar-refractivity contribution is -0.137. The number of aromatic nitrogens is 1. The van der Waals surface area contributed by atoms with E-state index in [9.17, 15) is 22.8 Å². The minimum Gasteiger partial charge on any atom is -0.457 e. The molecule has 40 heavy (non-hydrogen) atoms. The maximum atomic E-state index is 13.6.